The second-order valence-electron chi connectivity index (χ2n) is 5.24. The smallest absolute Gasteiger partial charge is 0.388 e. The lowest BCUT2D eigenvalue weighted by atomic mass is 9.74. The predicted octanol–water partition coefficient (Wildman–Crippen LogP) is 4.37. The van der Waals surface area contributed by atoms with Crippen molar-refractivity contribution in [3.05, 3.63) is 35.4 Å². The average Bonchev–Trinajstić information content (AvgIpc) is 2.35. The Morgan fingerprint density at radius 2 is 1.55 bits per heavy atom. The molecule has 20 heavy (non-hydrogen) atoms. The van der Waals surface area contributed by atoms with Crippen molar-refractivity contribution in [3.8, 4) is 0 Å². The SMILES string of the molecule is OC(c1cc(F)cc(F)c1)C1CCCCC1C(F)(F)F. The van der Waals surface area contributed by atoms with E-state index >= 15 is 0 Å². The first kappa shape index (κ1) is 15.2. The van der Waals surface area contributed by atoms with Crippen LogP contribution in [0.3, 0.4) is 0 Å². The molecule has 0 aliphatic heterocycles. The molecular formula is C14H15F5O. The summed E-state index contributed by atoms with van der Waals surface area (Å²) in [5.41, 5.74) is -0.136. The van der Waals surface area contributed by atoms with Gasteiger partial charge in [0, 0.05) is 12.0 Å². The molecule has 1 nitrogen and oxygen atoms in total. The largest absolute Gasteiger partial charge is 0.392 e. The summed E-state index contributed by atoms with van der Waals surface area (Å²) in [6.45, 7) is 0. The summed E-state index contributed by atoms with van der Waals surface area (Å²) < 4.78 is 65.1. The van der Waals surface area contributed by atoms with Crippen LogP contribution in [-0.2, 0) is 0 Å². The molecule has 2 rings (SSSR count). The molecule has 6 heteroatoms. The number of hydrogen-bond donors (Lipinski definition) is 1. The van der Waals surface area contributed by atoms with Gasteiger partial charge in [-0.05, 0) is 30.5 Å². The molecule has 1 N–H and O–H groups in total. The summed E-state index contributed by atoms with van der Waals surface area (Å²) in [4.78, 5) is 0. The van der Waals surface area contributed by atoms with Crippen molar-refractivity contribution in [3.63, 3.8) is 0 Å². The molecular weight excluding hydrogens is 279 g/mol. The Bertz CT molecular complexity index is 451. The van der Waals surface area contributed by atoms with Crippen molar-refractivity contribution in [1.29, 1.82) is 0 Å². The Morgan fingerprint density at radius 3 is 2.10 bits per heavy atom. The Hall–Kier alpha value is -1.17. The van der Waals surface area contributed by atoms with E-state index in [0.717, 1.165) is 12.1 Å². The van der Waals surface area contributed by atoms with Gasteiger partial charge in [0.2, 0.25) is 0 Å². The van der Waals surface area contributed by atoms with E-state index in [0.29, 0.717) is 18.9 Å². The third kappa shape index (κ3) is 3.29. The number of benzene rings is 1. The number of aliphatic hydroxyl groups is 1. The van der Waals surface area contributed by atoms with Crippen molar-refractivity contribution in [2.24, 2.45) is 11.8 Å². The molecule has 0 spiro atoms. The van der Waals surface area contributed by atoms with Gasteiger partial charge in [0.1, 0.15) is 11.6 Å². The van der Waals surface area contributed by atoms with Crippen LogP contribution < -0.4 is 0 Å². The van der Waals surface area contributed by atoms with Crippen LogP contribution in [0.2, 0.25) is 0 Å². The highest BCUT2D eigenvalue weighted by molar-refractivity contribution is 5.21. The molecule has 0 bridgehead atoms. The van der Waals surface area contributed by atoms with Crippen LogP contribution in [0.1, 0.15) is 37.4 Å². The average molecular weight is 294 g/mol. The van der Waals surface area contributed by atoms with Gasteiger partial charge in [0.15, 0.2) is 0 Å². The minimum atomic E-state index is -4.40. The van der Waals surface area contributed by atoms with Crippen LogP contribution in [0.25, 0.3) is 0 Å². The van der Waals surface area contributed by atoms with Gasteiger partial charge in [-0.25, -0.2) is 8.78 Å². The quantitative estimate of drug-likeness (QED) is 0.803. The number of hydrogen-bond acceptors (Lipinski definition) is 1. The maximum absolute atomic E-state index is 13.1. The third-order valence-electron chi connectivity index (χ3n) is 3.87. The van der Waals surface area contributed by atoms with Crippen LogP contribution in [0.4, 0.5) is 22.0 Å². The van der Waals surface area contributed by atoms with E-state index in [1.165, 1.54) is 0 Å². The van der Waals surface area contributed by atoms with Crippen molar-refractivity contribution in [1.82, 2.24) is 0 Å². The highest BCUT2D eigenvalue weighted by Gasteiger charge is 2.47. The number of alkyl halides is 3. The van der Waals surface area contributed by atoms with Crippen LogP contribution in [0.15, 0.2) is 18.2 Å². The molecule has 0 radical (unpaired) electrons. The zero-order valence-electron chi connectivity index (χ0n) is 10.6. The van der Waals surface area contributed by atoms with Gasteiger partial charge >= 0.3 is 6.18 Å². The van der Waals surface area contributed by atoms with Crippen LogP contribution in [-0.4, -0.2) is 11.3 Å². The molecule has 0 heterocycles. The molecule has 0 saturated heterocycles. The van der Waals surface area contributed by atoms with E-state index in [2.05, 4.69) is 0 Å². The summed E-state index contributed by atoms with van der Waals surface area (Å²) in [7, 11) is 0. The van der Waals surface area contributed by atoms with Crippen molar-refractivity contribution < 1.29 is 27.1 Å². The van der Waals surface area contributed by atoms with Crippen LogP contribution >= 0.6 is 0 Å². The highest BCUT2D eigenvalue weighted by Crippen LogP contribution is 2.46. The second-order valence-corrected chi connectivity index (χ2v) is 5.24. The summed E-state index contributed by atoms with van der Waals surface area (Å²) >= 11 is 0. The first-order valence-electron chi connectivity index (χ1n) is 6.50. The zero-order valence-corrected chi connectivity index (χ0v) is 10.6. The van der Waals surface area contributed by atoms with E-state index in [-0.39, 0.29) is 18.4 Å². The predicted molar refractivity (Wildman–Crippen MR) is 62.8 cm³/mol. The Morgan fingerprint density at radius 1 is 1.00 bits per heavy atom. The maximum Gasteiger partial charge on any atom is 0.392 e. The fourth-order valence-electron chi connectivity index (χ4n) is 2.94. The first-order chi connectivity index (χ1) is 9.29. The molecule has 0 amide bonds. The Balaban J connectivity index is 2.27. The minimum absolute atomic E-state index is 0.0526. The van der Waals surface area contributed by atoms with Gasteiger partial charge in [0.05, 0.1) is 12.0 Å². The lowest BCUT2D eigenvalue weighted by molar-refractivity contribution is -0.207. The third-order valence-corrected chi connectivity index (χ3v) is 3.87. The molecule has 3 unspecified atom stereocenters. The van der Waals surface area contributed by atoms with E-state index < -0.39 is 35.8 Å². The van der Waals surface area contributed by atoms with Crippen molar-refractivity contribution in [2.45, 2.75) is 38.0 Å². The molecule has 112 valence electrons. The number of aliphatic hydroxyl groups excluding tert-OH is 1. The van der Waals surface area contributed by atoms with Gasteiger partial charge in [-0.1, -0.05) is 12.8 Å². The molecule has 3 atom stereocenters. The second kappa shape index (κ2) is 5.68. The Labute approximate surface area is 113 Å². The molecule has 1 aliphatic carbocycles. The topological polar surface area (TPSA) is 20.2 Å². The van der Waals surface area contributed by atoms with Crippen molar-refractivity contribution >= 4 is 0 Å². The van der Waals surface area contributed by atoms with Gasteiger partial charge < -0.3 is 5.11 Å². The molecule has 1 aromatic carbocycles. The molecule has 1 aliphatic rings. The highest BCUT2D eigenvalue weighted by atomic mass is 19.4. The molecule has 1 aromatic rings. The molecule has 1 fully saturated rings. The Kier molecular flexibility index (Phi) is 4.32. The summed E-state index contributed by atoms with van der Waals surface area (Å²) in [6.07, 6.45) is -4.74. The lowest BCUT2D eigenvalue weighted by Crippen LogP contribution is -2.36. The minimum Gasteiger partial charge on any atom is -0.388 e. The summed E-state index contributed by atoms with van der Waals surface area (Å²) in [5, 5.41) is 10.1. The maximum atomic E-state index is 13.1. The number of rotatable bonds is 2. The lowest BCUT2D eigenvalue weighted by Gasteiger charge is -2.36. The monoisotopic (exact) mass is 294 g/mol. The van der Waals surface area contributed by atoms with E-state index in [4.69, 9.17) is 0 Å². The number of halogens is 5. The van der Waals surface area contributed by atoms with Crippen LogP contribution in [0.5, 0.6) is 0 Å². The fraction of sp³-hybridized carbons (Fsp3) is 0.571. The van der Waals surface area contributed by atoms with Crippen molar-refractivity contribution in [2.75, 3.05) is 0 Å². The van der Waals surface area contributed by atoms with Gasteiger partial charge in [-0.3, -0.25) is 0 Å². The first-order valence-corrected chi connectivity index (χ1v) is 6.50. The summed E-state index contributed by atoms with van der Waals surface area (Å²) in [6, 6.07) is 2.39. The molecule has 1 saturated carbocycles. The van der Waals surface area contributed by atoms with E-state index in [1.54, 1.807) is 0 Å². The summed E-state index contributed by atoms with van der Waals surface area (Å²) in [5.74, 6) is -4.49. The molecule has 0 aromatic heterocycles. The normalized spacial score (nSPS) is 25.5. The van der Waals surface area contributed by atoms with E-state index in [9.17, 15) is 27.1 Å². The fourth-order valence-corrected chi connectivity index (χ4v) is 2.94. The zero-order chi connectivity index (χ0) is 14.9. The standard InChI is InChI=1S/C14H15F5O/c15-9-5-8(6-10(16)7-9)13(20)11-3-1-2-4-12(11)14(17,18)19/h5-7,11-13,20H,1-4H2. The van der Waals surface area contributed by atoms with Gasteiger partial charge in [-0.15, -0.1) is 0 Å². The van der Waals surface area contributed by atoms with Gasteiger partial charge in [-0.2, -0.15) is 13.2 Å². The van der Waals surface area contributed by atoms with Crippen LogP contribution in [0, 0.1) is 23.5 Å². The van der Waals surface area contributed by atoms with E-state index in [1.807, 2.05) is 0 Å². The van der Waals surface area contributed by atoms with Gasteiger partial charge in [0.25, 0.3) is 0 Å².